The molecule has 3 rings (SSSR count). The maximum absolute atomic E-state index is 13.1. The van der Waals surface area contributed by atoms with Crippen molar-refractivity contribution >= 4 is 0 Å². The van der Waals surface area contributed by atoms with Gasteiger partial charge in [0, 0.05) is 37.6 Å². The maximum Gasteiger partial charge on any atom is 0.416 e. The molecule has 0 radical (unpaired) electrons. The van der Waals surface area contributed by atoms with Crippen molar-refractivity contribution in [1.82, 2.24) is 4.90 Å². The number of fused-ring (bicyclic) bond motifs is 1. The Morgan fingerprint density at radius 2 is 2.09 bits per heavy atom. The first-order chi connectivity index (χ1) is 10.4. The highest BCUT2D eigenvalue weighted by atomic mass is 19.4. The Morgan fingerprint density at radius 1 is 1.32 bits per heavy atom. The molecule has 0 saturated carbocycles. The Hall–Kier alpha value is -1.11. The molecule has 2 atom stereocenters. The zero-order valence-electron chi connectivity index (χ0n) is 12.3. The van der Waals surface area contributed by atoms with Gasteiger partial charge in [-0.2, -0.15) is 13.2 Å². The van der Waals surface area contributed by atoms with Gasteiger partial charge < -0.3 is 9.84 Å². The van der Waals surface area contributed by atoms with Crippen molar-refractivity contribution in [2.45, 2.75) is 19.1 Å². The van der Waals surface area contributed by atoms with E-state index in [-0.39, 0.29) is 24.5 Å². The molecule has 2 aliphatic heterocycles. The number of rotatable bonds is 3. The fraction of sp³-hybridized carbons (Fsp3) is 0.625. The van der Waals surface area contributed by atoms with Gasteiger partial charge in [0.2, 0.25) is 0 Å². The first-order valence-electron chi connectivity index (χ1n) is 7.51. The molecule has 2 fully saturated rings. The monoisotopic (exact) mass is 315 g/mol. The Balaban J connectivity index is 1.78. The highest BCUT2D eigenvalue weighted by Crippen LogP contribution is 2.42. The predicted octanol–water partition coefficient (Wildman–Crippen LogP) is 2.54. The summed E-state index contributed by atoms with van der Waals surface area (Å²) in [6.07, 6.45) is -3.56. The van der Waals surface area contributed by atoms with Gasteiger partial charge in [0.15, 0.2) is 0 Å². The van der Waals surface area contributed by atoms with E-state index in [4.69, 9.17) is 4.74 Å². The molecule has 2 saturated heterocycles. The van der Waals surface area contributed by atoms with Gasteiger partial charge in [-0.15, -0.1) is 0 Å². The van der Waals surface area contributed by atoms with Gasteiger partial charge in [0.25, 0.3) is 0 Å². The van der Waals surface area contributed by atoms with E-state index in [1.54, 1.807) is 6.07 Å². The number of hydrogen-bond acceptors (Lipinski definition) is 3. The summed E-state index contributed by atoms with van der Waals surface area (Å²) in [6.45, 7) is 2.82. The average Bonchev–Trinajstić information content (AvgIpc) is 2.85. The Morgan fingerprint density at radius 3 is 2.77 bits per heavy atom. The van der Waals surface area contributed by atoms with Crippen LogP contribution < -0.4 is 0 Å². The lowest BCUT2D eigenvalue weighted by molar-refractivity contribution is -0.138. The molecule has 1 N–H and O–H groups in total. The van der Waals surface area contributed by atoms with E-state index in [0.29, 0.717) is 31.9 Å². The second-order valence-corrected chi connectivity index (χ2v) is 6.37. The summed E-state index contributed by atoms with van der Waals surface area (Å²) in [7, 11) is 0. The molecule has 2 aliphatic rings. The van der Waals surface area contributed by atoms with E-state index in [9.17, 15) is 18.3 Å². The van der Waals surface area contributed by atoms with Crippen LogP contribution in [0.3, 0.4) is 0 Å². The van der Waals surface area contributed by atoms with Crippen LogP contribution in [0.1, 0.15) is 17.5 Å². The minimum absolute atomic E-state index is 0.0679. The molecule has 22 heavy (non-hydrogen) atoms. The zero-order chi connectivity index (χ0) is 15.8. The summed E-state index contributed by atoms with van der Waals surface area (Å²) in [4.78, 5) is 2.01. The topological polar surface area (TPSA) is 32.7 Å². The number of alkyl halides is 3. The minimum atomic E-state index is -4.33. The van der Waals surface area contributed by atoms with Crippen molar-refractivity contribution in [2.75, 3.05) is 32.9 Å². The predicted molar refractivity (Wildman–Crippen MR) is 75.2 cm³/mol. The van der Waals surface area contributed by atoms with Crippen LogP contribution in [0.5, 0.6) is 0 Å². The molecule has 122 valence electrons. The molecule has 1 aromatic rings. The van der Waals surface area contributed by atoms with E-state index in [0.717, 1.165) is 12.5 Å². The van der Waals surface area contributed by atoms with Gasteiger partial charge in [-0.3, -0.25) is 4.90 Å². The first kappa shape index (κ1) is 15.8. The highest BCUT2D eigenvalue weighted by Gasteiger charge is 2.48. The normalized spacial score (nSPS) is 29.5. The molecule has 3 nitrogen and oxygen atoms in total. The van der Waals surface area contributed by atoms with E-state index in [2.05, 4.69) is 0 Å². The standard InChI is InChI=1S/C16H20F3NO2/c17-16(18,19)14-4-2-1-3-12(14)7-20-8-13-9-22-6-5-15(13,10-20)11-21/h1-4,13,21H,5-11H2/t13-,15-/m1/s1. The van der Waals surface area contributed by atoms with Gasteiger partial charge in [0.1, 0.15) is 0 Å². The number of ether oxygens (including phenoxy) is 1. The van der Waals surface area contributed by atoms with Crippen LogP contribution >= 0.6 is 0 Å². The number of aliphatic hydroxyl groups is 1. The van der Waals surface area contributed by atoms with Gasteiger partial charge in [-0.05, 0) is 18.1 Å². The Kier molecular flexibility index (Phi) is 4.18. The summed E-state index contributed by atoms with van der Waals surface area (Å²) in [5.74, 6) is 0.198. The molecule has 0 unspecified atom stereocenters. The third kappa shape index (κ3) is 2.87. The van der Waals surface area contributed by atoms with Gasteiger partial charge >= 0.3 is 6.18 Å². The zero-order valence-corrected chi connectivity index (χ0v) is 12.3. The van der Waals surface area contributed by atoms with Crippen molar-refractivity contribution in [1.29, 1.82) is 0 Å². The van der Waals surface area contributed by atoms with Crippen molar-refractivity contribution in [3.05, 3.63) is 35.4 Å². The lowest BCUT2D eigenvalue weighted by Gasteiger charge is -2.36. The number of benzene rings is 1. The van der Waals surface area contributed by atoms with Crippen LogP contribution in [-0.4, -0.2) is 42.9 Å². The van der Waals surface area contributed by atoms with E-state index in [1.165, 1.54) is 12.1 Å². The van der Waals surface area contributed by atoms with E-state index >= 15 is 0 Å². The average molecular weight is 315 g/mol. The minimum Gasteiger partial charge on any atom is -0.396 e. The third-order valence-corrected chi connectivity index (χ3v) is 4.98. The number of likely N-dealkylation sites (tertiary alicyclic amines) is 1. The van der Waals surface area contributed by atoms with Crippen molar-refractivity contribution < 1.29 is 23.0 Å². The molecular weight excluding hydrogens is 295 g/mol. The smallest absolute Gasteiger partial charge is 0.396 e. The highest BCUT2D eigenvalue weighted by molar-refractivity contribution is 5.29. The second-order valence-electron chi connectivity index (χ2n) is 6.37. The number of nitrogens with zero attached hydrogens (tertiary/aromatic N) is 1. The second kappa shape index (κ2) is 5.83. The van der Waals surface area contributed by atoms with Crippen LogP contribution in [0.25, 0.3) is 0 Å². The van der Waals surface area contributed by atoms with E-state index in [1.807, 2.05) is 4.90 Å². The Bertz CT molecular complexity index is 534. The summed E-state index contributed by atoms with van der Waals surface area (Å²) >= 11 is 0. The van der Waals surface area contributed by atoms with Crippen LogP contribution in [-0.2, 0) is 17.5 Å². The lowest BCUT2D eigenvalue weighted by atomic mass is 9.75. The quantitative estimate of drug-likeness (QED) is 0.930. The molecule has 1 aromatic carbocycles. The lowest BCUT2D eigenvalue weighted by Crippen LogP contribution is -2.41. The van der Waals surface area contributed by atoms with Gasteiger partial charge in [-0.1, -0.05) is 18.2 Å². The van der Waals surface area contributed by atoms with Crippen LogP contribution in [0.15, 0.2) is 24.3 Å². The maximum atomic E-state index is 13.1. The molecule has 6 heteroatoms. The fourth-order valence-corrected chi connectivity index (χ4v) is 3.71. The third-order valence-electron chi connectivity index (χ3n) is 4.98. The first-order valence-corrected chi connectivity index (χ1v) is 7.51. The number of hydrogen-bond donors (Lipinski definition) is 1. The number of aliphatic hydroxyl groups excluding tert-OH is 1. The molecule has 0 aliphatic carbocycles. The van der Waals surface area contributed by atoms with Gasteiger partial charge in [-0.25, -0.2) is 0 Å². The van der Waals surface area contributed by atoms with Crippen LogP contribution in [0, 0.1) is 11.3 Å². The fourth-order valence-electron chi connectivity index (χ4n) is 3.71. The summed E-state index contributed by atoms with van der Waals surface area (Å²) in [5, 5.41) is 9.76. The summed E-state index contributed by atoms with van der Waals surface area (Å²) < 4.78 is 44.7. The Labute approximate surface area is 127 Å². The molecule has 0 aromatic heterocycles. The van der Waals surface area contributed by atoms with Crippen molar-refractivity contribution in [3.63, 3.8) is 0 Å². The van der Waals surface area contributed by atoms with Gasteiger partial charge in [0.05, 0.1) is 18.8 Å². The van der Waals surface area contributed by atoms with Crippen molar-refractivity contribution in [2.24, 2.45) is 11.3 Å². The summed E-state index contributed by atoms with van der Waals surface area (Å²) in [6, 6.07) is 5.72. The SMILES string of the molecule is OC[C@]12CCOC[C@H]1CN(Cc1ccccc1C(F)(F)F)C2. The van der Waals surface area contributed by atoms with Crippen LogP contribution in [0.2, 0.25) is 0 Å². The molecule has 0 bridgehead atoms. The van der Waals surface area contributed by atoms with E-state index < -0.39 is 11.7 Å². The molecule has 0 amide bonds. The number of halogens is 3. The molecule has 2 heterocycles. The van der Waals surface area contributed by atoms with Crippen molar-refractivity contribution in [3.8, 4) is 0 Å². The summed E-state index contributed by atoms with van der Waals surface area (Å²) in [5.41, 5.74) is -0.493. The largest absolute Gasteiger partial charge is 0.416 e. The van der Waals surface area contributed by atoms with Crippen LogP contribution in [0.4, 0.5) is 13.2 Å². The molecule has 0 spiro atoms. The molecular formula is C16H20F3NO2.